The van der Waals surface area contributed by atoms with Crippen molar-refractivity contribution in [2.75, 3.05) is 0 Å². The summed E-state index contributed by atoms with van der Waals surface area (Å²) in [5.74, 6) is 0. The van der Waals surface area contributed by atoms with Gasteiger partial charge in [-0.1, -0.05) is 0 Å². The molecule has 0 amide bonds. The summed E-state index contributed by atoms with van der Waals surface area (Å²) >= 11 is 0. The van der Waals surface area contributed by atoms with E-state index in [2.05, 4.69) is 51.4 Å². The molecule has 0 bridgehead atoms. The first-order chi connectivity index (χ1) is 13.5. The average molecular weight is 370 g/mol. The van der Waals surface area contributed by atoms with Crippen molar-refractivity contribution in [3.8, 4) is 22.4 Å². The smallest absolute Gasteiger partial charge is 0.0838 e. The number of hydrogen-bond donors (Lipinski definition) is 3. The van der Waals surface area contributed by atoms with Crippen molar-refractivity contribution in [3.63, 3.8) is 0 Å². The van der Waals surface area contributed by atoms with Gasteiger partial charge in [0.15, 0.2) is 0 Å². The first kappa shape index (κ1) is 16.7. The van der Waals surface area contributed by atoms with Gasteiger partial charge in [-0.25, -0.2) is 0 Å². The van der Waals surface area contributed by atoms with Gasteiger partial charge in [0, 0.05) is 45.0 Å². The van der Waals surface area contributed by atoms with Gasteiger partial charge in [-0.15, -0.1) is 0 Å². The number of hydrogen-bond acceptors (Lipinski definition) is 3. The molecule has 0 atom stereocenters. The van der Waals surface area contributed by atoms with Crippen LogP contribution in [0.1, 0.15) is 28.3 Å². The summed E-state index contributed by atoms with van der Waals surface area (Å²) in [7, 11) is 0. The molecule has 3 N–H and O–H groups in total. The Labute approximate surface area is 162 Å². The van der Waals surface area contributed by atoms with Crippen LogP contribution >= 0.6 is 0 Å². The maximum absolute atomic E-state index is 4.73. The van der Waals surface area contributed by atoms with Crippen LogP contribution < -0.4 is 0 Å². The third kappa shape index (κ3) is 2.24. The van der Waals surface area contributed by atoms with Crippen LogP contribution in [0.25, 0.3) is 44.2 Å². The molecule has 0 saturated carbocycles. The molecule has 0 aliphatic heterocycles. The second kappa shape index (κ2) is 5.79. The first-order valence-electron chi connectivity index (χ1n) is 9.40. The third-order valence-electron chi connectivity index (χ3n) is 5.62. The lowest BCUT2D eigenvalue weighted by Crippen LogP contribution is -1.89. The van der Waals surface area contributed by atoms with E-state index < -0.39 is 0 Å². The standard InChI is InChI=1S/C22H22N6/c1-10-8-16-18(9-15(10)19-11(2)25-26-12(19)3)24-17-6-7-23-22(21(16)17)20-13(4)27-28-14(20)5/h6-9,24H,1-5H3,(H,25,26)(H,27,28). The van der Waals surface area contributed by atoms with E-state index in [1.165, 1.54) is 22.1 Å². The lowest BCUT2D eigenvalue weighted by Gasteiger charge is -2.08. The van der Waals surface area contributed by atoms with E-state index in [0.717, 1.165) is 50.5 Å². The van der Waals surface area contributed by atoms with Gasteiger partial charge in [0.2, 0.25) is 0 Å². The maximum Gasteiger partial charge on any atom is 0.0838 e. The monoisotopic (exact) mass is 370 g/mol. The van der Waals surface area contributed by atoms with Crippen LogP contribution in [0, 0.1) is 34.6 Å². The average Bonchev–Trinajstić information content (AvgIpc) is 3.30. The van der Waals surface area contributed by atoms with E-state index in [1.807, 2.05) is 33.0 Å². The van der Waals surface area contributed by atoms with Crippen LogP contribution in [0.15, 0.2) is 24.4 Å². The van der Waals surface area contributed by atoms with E-state index in [1.54, 1.807) is 0 Å². The lowest BCUT2D eigenvalue weighted by atomic mass is 9.96. The highest BCUT2D eigenvalue weighted by Gasteiger charge is 2.19. The van der Waals surface area contributed by atoms with Gasteiger partial charge in [0.1, 0.15) is 0 Å². The highest BCUT2D eigenvalue weighted by Crippen LogP contribution is 2.38. The molecule has 1 aromatic carbocycles. The molecule has 0 aliphatic rings. The SMILES string of the molecule is Cc1cc2c(cc1-c1c(C)n[nH]c1C)[nH]c1ccnc(-c3c(C)n[nH]c3C)c12. The molecule has 6 nitrogen and oxygen atoms in total. The molecule has 28 heavy (non-hydrogen) atoms. The van der Waals surface area contributed by atoms with Crippen molar-refractivity contribution in [1.82, 2.24) is 30.4 Å². The number of benzene rings is 1. The quantitative estimate of drug-likeness (QED) is 0.407. The predicted octanol–water partition coefficient (Wildman–Crippen LogP) is 5.04. The van der Waals surface area contributed by atoms with E-state index >= 15 is 0 Å². The number of aromatic nitrogens is 6. The van der Waals surface area contributed by atoms with Crippen molar-refractivity contribution < 1.29 is 0 Å². The topological polar surface area (TPSA) is 86.0 Å². The second-order valence-corrected chi connectivity index (χ2v) is 7.54. The summed E-state index contributed by atoms with van der Waals surface area (Å²) in [6, 6.07) is 6.52. The van der Waals surface area contributed by atoms with Crippen molar-refractivity contribution in [3.05, 3.63) is 52.7 Å². The molecule has 6 heteroatoms. The van der Waals surface area contributed by atoms with Crippen molar-refractivity contribution in [2.24, 2.45) is 0 Å². The summed E-state index contributed by atoms with van der Waals surface area (Å²) in [6.07, 6.45) is 1.86. The minimum atomic E-state index is 0.963. The molecular weight excluding hydrogens is 348 g/mol. The largest absolute Gasteiger partial charge is 0.354 e. The molecule has 0 spiro atoms. The zero-order chi connectivity index (χ0) is 19.6. The van der Waals surface area contributed by atoms with Gasteiger partial charge in [-0.2, -0.15) is 10.2 Å². The van der Waals surface area contributed by atoms with Crippen LogP contribution in [-0.4, -0.2) is 30.4 Å². The summed E-state index contributed by atoms with van der Waals surface area (Å²) in [5, 5.41) is 17.2. The molecule has 5 aromatic rings. The number of rotatable bonds is 2. The normalized spacial score (nSPS) is 11.8. The molecule has 4 aromatic heterocycles. The van der Waals surface area contributed by atoms with Gasteiger partial charge in [0.25, 0.3) is 0 Å². The van der Waals surface area contributed by atoms with E-state index in [4.69, 9.17) is 4.98 Å². The van der Waals surface area contributed by atoms with Crippen LogP contribution in [0.3, 0.4) is 0 Å². The second-order valence-electron chi connectivity index (χ2n) is 7.54. The number of aromatic amines is 3. The Morgan fingerprint density at radius 1 is 0.786 bits per heavy atom. The zero-order valence-electron chi connectivity index (χ0n) is 16.7. The molecule has 0 unspecified atom stereocenters. The number of nitrogens with one attached hydrogen (secondary N) is 3. The number of H-pyrrole nitrogens is 3. The Morgan fingerprint density at radius 3 is 2.11 bits per heavy atom. The first-order valence-corrected chi connectivity index (χ1v) is 9.40. The fourth-order valence-corrected chi connectivity index (χ4v) is 4.31. The van der Waals surface area contributed by atoms with Gasteiger partial charge in [0.05, 0.1) is 22.6 Å². The van der Waals surface area contributed by atoms with Crippen LogP contribution in [0.2, 0.25) is 0 Å². The summed E-state index contributed by atoms with van der Waals surface area (Å²) in [5.41, 5.74) is 11.9. The number of pyridine rings is 1. The molecule has 0 fully saturated rings. The third-order valence-corrected chi connectivity index (χ3v) is 5.62. The van der Waals surface area contributed by atoms with Gasteiger partial charge in [-0.3, -0.25) is 15.2 Å². The zero-order valence-corrected chi connectivity index (χ0v) is 16.7. The van der Waals surface area contributed by atoms with Crippen LogP contribution in [-0.2, 0) is 0 Å². The number of fused-ring (bicyclic) bond motifs is 3. The van der Waals surface area contributed by atoms with Crippen LogP contribution in [0.4, 0.5) is 0 Å². The van der Waals surface area contributed by atoms with E-state index in [0.29, 0.717) is 0 Å². The fourth-order valence-electron chi connectivity index (χ4n) is 4.31. The van der Waals surface area contributed by atoms with Crippen molar-refractivity contribution in [2.45, 2.75) is 34.6 Å². The maximum atomic E-state index is 4.73. The Hall–Kier alpha value is -3.41. The summed E-state index contributed by atoms with van der Waals surface area (Å²) in [4.78, 5) is 8.32. The molecule has 5 rings (SSSR count). The molecule has 0 saturated heterocycles. The Bertz CT molecular complexity index is 1330. The molecule has 4 heterocycles. The lowest BCUT2D eigenvalue weighted by molar-refractivity contribution is 1.02. The predicted molar refractivity (Wildman–Crippen MR) is 112 cm³/mol. The minimum Gasteiger partial charge on any atom is -0.354 e. The molecule has 0 radical (unpaired) electrons. The molecule has 140 valence electrons. The molecule has 0 aliphatic carbocycles. The van der Waals surface area contributed by atoms with Gasteiger partial charge in [-0.05, 0) is 63.9 Å². The highest BCUT2D eigenvalue weighted by atomic mass is 15.1. The minimum absolute atomic E-state index is 0.963. The Morgan fingerprint density at radius 2 is 1.46 bits per heavy atom. The van der Waals surface area contributed by atoms with Crippen molar-refractivity contribution in [1.29, 1.82) is 0 Å². The highest BCUT2D eigenvalue weighted by molar-refractivity contribution is 6.14. The van der Waals surface area contributed by atoms with E-state index in [-0.39, 0.29) is 0 Å². The summed E-state index contributed by atoms with van der Waals surface area (Å²) < 4.78 is 0. The van der Waals surface area contributed by atoms with Crippen LogP contribution in [0.5, 0.6) is 0 Å². The number of aryl methyl sites for hydroxylation is 5. The van der Waals surface area contributed by atoms with Gasteiger partial charge < -0.3 is 4.98 Å². The Kier molecular flexibility index (Phi) is 3.46. The van der Waals surface area contributed by atoms with Gasteiger partial charge >= 0.3 is 0 Å². The van der Waals surface area contributed by atoms with Crippen molar-refractivity contribution >= 4 is 21.8 Å². The molecular formula is C22H22N6. The fraction of sp³-hybridized carbons (Fsp3) is 0.227. The number of nitrogens with zero attached hydrogens (tertiary/aromatic N) is 3. The Balaban J connectivity index is 1.85. The van der Waals surface area contributed by atoms with E-state index in [9.17, 15) is 0 Å². The summed E-state index contributed by atoms with van der Waals surface area (Å²) in [6.45, 7) is 10.3.